The second-order valence-electron chi connectivity index (χ2n) is 3.10. The zero-order chi connectivity index (χ0) is 8.85. The lowest BCUT2D eigenvalue weighted by atomic mass is 10.0. The maximum atomic E-state index is 5.25. The van der Waals surface area contributed by atoms with Crippen LogP contribution in [0.5, 0.6) is 0 Å². The molecule has 0 bridgehead atoms. The van der Waals surface area contributed by atoms with Crippen molar-refractivity contribution in [3.63, 3.8) is 0 Å². The van der Waals surface area contributed by atoms with Crippen molar-refractivity contribution in [3.8, 4) is 0 Å². The molecule has 0 aromatic rings. The first-order valence-electron chi connectivity index (χ1n) is 4.02. The summed E-state index contributed by atoms with van der Waals surface area (Å²) in [5.41, 5.74) is 5.25. The third-order valence-corrected chi connectivity index (χ3v) is 1.57. The van der Waals surface area contributed by atoms with Crippen molar-refractivity contribution >= 4 is 17.4 Å². The molecule has 0 aliphatic heterocycles. The third-order valence-electron chi connectivity index (χ3n) is 1.47. The summed E-state index contributed by atoms with van der Waals surface area (Å²) in [5, 5.41) is 0.164. The molecule has 0 saturated heterocycles. The Morgan fingerprint density at radius 3 is 2.36 bits per heavy atom. The number of hydrogen-bond acceptors (Lipinski definition) is 2. The lowest BCUT2D eigenvalue weighted by Gasteiger charge is -2.17. The Labute approximate surface area is 74.1 Å². The summed E-state index contributed by atoms with van der Waals surface area (Å²) < 4.78 is 5.22. The SMILES string of the molecule is CCC(CC(C)C)OC(N)=S. The van der Waals surface area contributed by atoms with Gasteiger partial charge in [0.05, 0.1) is 0 Å². The third kappa shape index (κ3) is 6.10. The minimum Gasteiger partial charge on any atom is -0.468 e. The monoisotopic (exact) mass is 175 g/mol. The predicted octanol–water partition coefficient (Wildman–Crippen LogP) is 2.07. The number of rotatable bonds is 4. The van der Waals surface area contributed by atoms with E-state index in [9.17, 15) is 0 Å². The Balaban J connectivity index is 3.66. The second-order valence-corrected chi connectivity index (χ2v) is 3.50. The standard InChI is InChI=1S/C8H17NOS/c1-4-7(5-6(2)3)10-8(9)11/h6-7H,4-5H2,1-3H3,(H2,9,11). The van der Waals surface area contributed by atoms with Crippen LogP contribution in [0.3, 0.4) is 0 Å². The van der Waals surface area contributed by atoms with E-state index in [1.165, 1.54) is 0 Å². The first kappa shape index (κ1) is 10.7. The molecule has 0 fully saturated rings. The molecule has 3 heteroatoms. The molecule has 0 rings (SSSR count). The van der Waals surface area contributed by atoms with Gasteiger partial charge in [-0.1, -0.05) is 20.8 Å². The largest absolute Gasteiger partial charge is 0.468 e. The number of thiocarbonyl (C=S) groups is 1. The van der Waals surface area contributed by atoms with Gasteiger partial charge in [0.15, 0.2) is 0 Å². The van der Waals surface area contributed by atoms with Crippen molar-refractivity contribution in [1.29, 1.82) is 0 Å². The van der Waals surface area contributed by atoms with Gasteiger partial charge in [-0.2, -0.15) is 0 Å². The molecular formula is C8H17NOS. The molecule has 0 aromatic carbocycles. The van der Waals surface area contributed by atoms with Crippen LogP contribution in [-0.4, -0.2) is 11.3 Å². The fourth-order valence-electron chi connectivity index (χ4n) is 0.988. The van der Waals surface area contributed by atoms with Gasteiger partial charge >= 0.3 is 0 Å². The number of ether oxygens (including phenoxy) is 1. The van der Waals surface area contributed by atoms with E-state index < -0.39 is 0 Å². The maximum absolute atomic E-state index is 5.25. The topological polar surface area (TPSA) is 35.2 Å². The van der Waals surface area contributed by atoms with Gasteiger partial charge in [0.2, 0.25) is 0 Å². The van der Waals surface area contributed by atoms with Crippen LogP contribution >= 0.6 is 12.2 Å². The quantitative estimate of drug-likeness (QED) is 0.664. The maximum Gasteiger partial charge on any atom is 0.254 e. The van der Waals surface area contributed by atoms with Gasteiger partial charge in [-0.3, -0.25) is 0 Å². The fraction of sp³-hybridized carbons (Fsp3) is 0.875. The molecule has 0 aliphatic carbocycles. The Hall–Kier alpha value is -0.310. The molecule has 2 nitrogen and oxygen atoms in total. The van der Waals surface area contributed by atoms with Crippen molar-refractivity contribution in [2.45, 2.75) is 39.7 Å². The smallest absolute Gasteiger partial charge is 0.254 e. The Bertz CT molecular complexity index is 125. The average molecular weight is 175 g/mol. The van der Waals surface area contributed by atoms with E-state index in [1.54, 1.807) is 0 Å². The molecular weight excluding hydrogens is 158 g/mol. The summed E-state index contributed by atoms with van der Waals surface area (Å²) in [6.07, 6.45) is 2.19. The van der Waals surface area contributed by atoms with Crippen molar-refractivity contribution in [3.05, 3.63) is 0 Å². The van der Waals surface area contributed by atoms with Gasteiger partial charge in [0.1, 0.15) is 6.10 Å². The van der Waals surface area contributed by atoms with E-state index in [-0.39, 0.29) is 11.3 Å². The van der Waals surface area contributed by atoms with Crippen LogP contribution in [0.15, 0.2) is 0 Å². The molecule has 2 N–H and O–H groups in total. The molecule has 11 heavy (non-hydrogen) atoms. The van der Waals surface area contributed by atoms with Crippen molar-refractivity contribution in [1.82, 2.24) is 0 Å². The van der Waals surface area contributed by atoms with Crippen LogP contribution in [0.25, 0.3) is 0 Å². The van der Waals surface area contributed by atoms with Gasteiger partial charge < -0.3 is 10.5 Å². The van der Waals surface area contributed by atoms with E-state index in [2.05, 4.69) is 33.0 Å². The fourth-order valence-corrected chi connectivity index (χ4v) is 1.12. The highest BCUT2D eigenvalue weighted by molar-refractivity contribution is 7.80. The molecule has 0 radical (unpaired) electrons. The molecule has 0 spiro atoms. The molecule has 0 aliphatic rings. The summed E-state index contributed by atoms with van der Waals surface area (Å²) in [6, 6.07) is 0. The summed E-state index contributed by atoms with van der Waals surface area (Å²) >= 11 is 4.65. The zero-order valence-corrected chi connectivity index (χ0v) is 8.28. The second kappa shape index (κ2) is 5.35. The van der Waals surface area contributed by atoms with E-state index in [4.69, 9.17) is 10.5 Å². The molecule has 1 atom stereocenters. The summed E-state index contributed by atoms with van der Waals surface area (Å²) in [4.78, 5) is 0. The van der Waals surface area contributed by atoms with E-state index >= 15 is 0 Å². The van der Waals surface area contributed by atoms with Crippen LogP contribution in [0.2, 0.25) is 0 Å². The minimum atomic E-state index is 0.164. The summed E-state index contributed by atoms with van der Waals surface area (Å²) in [7, 11) is 0. The minimum absolute atomic E-state index is 0.164. The average Bonchev–Trinajstić information content (AvgIpc) is 1.84. The van der Waals surface area contributed by atoms with Crippen LogP contribution in [0.1, 0.15) is 33.6 Å². The molecule has 66 valence electrons. The van der Waals surface area contributed by atoms with Crippen LogP contribution < -0.4 is 5.73 Å². The van der Waals surface area contributed by atoms with E-state index in [1.807, 2.05) is 0 Å². The van der Waals surface area contributed by atoms with Gasteiger partial charge in [-0.15, -0.1) is 0 Å². The molecule has 0 saturated carbocycles. The van der Waals surface area contributed by atoms with Gasteiger partial charge in [-0.25, -0.2) is 0 Å². The normalized spacial score (nSPS) is 13.1. The van der Waals surface area contributed by atoms with Crippen molar-refractivity contribution in [2.24, 2.45) is 11.7 Å². The summed E-state index contributed by atoms with van der Waals surface area (Å²) in [5.74, 6) is 0.634. The zero-order valence-electron chi connectivity index (χ0n) is 7.46. The lowest BCUT2D eigenvalue weighted by Crippen LogP contribution is -2.23. The highest BCUT2D eigenvalue weighted by Gasteiger charge is 2.09. The highest BCUT2D eigenvalue weighted by Crippen LogP contribution is 2.10. The van der Waals surface area contributed by atoms with Crippen molar-refractivity contribution < 1.29 is 4.74 Å². The lowest BCUT2D eigenvalue weighted by molar-refractivity contribution is 0.160. The van der Waals surface area contributed by atoms with Crippen molar-refractivity contribution in [2.75, 3.05) is 0 Å². The van der Waals surface area contributed by atoms with Crippen LogP contribution in [0.4, 0.5) is 0 Å². The van der Waals surface area contributed by atoms with Crippen LogP contribution in [-0.2, 0) is 4.74 Å². The van der Waals surface area contributed by atoms with E-state index in [0.29, 0.717) is 5.92 Å². The Morgan fingerprint density at radius 1 is 1.55 bits per heavy atom. The van der Waals surface area contributed by atoms with Gasteiger partial charge in [-0.05, 0) is 31.0 Å². The summed E-state index contributed by atoms with van der Waals surface area (Å²) in [6.45, 7) is 6.39. The highest BCUT2D eigenvalue weighted by atomic mass is 32.1. The Kier molecular flexibility index (Phi) is 5.20. The number of hydrogen-bond donors (Lipinski definition) is 1. The van der Waals surface area contributed by atoms with Gasteiger partial charge in [0, 0.05) is 0 Å². The Morgan fingerprint density at radius 2 is 2.09 bits per heavy atom. The molecule has 0 aromatic heterocycles. The first-order chi connectivity index (χ1) is 5.06. The predicted molar refractivity (Wildman–Crippen MR) is 51.4 cm³/mol. The number of nitrogens with two attached hydrogens (primary N) is 1. The van der Waals surface area contributed by atoms with Crippen LogP contribution in [0, 0.1) is 5.92 Å². The molecule has 1 unspecified atom stereocenters. The van der Waals surface area contributed by atoms with Gasteiger partial charge in [0.25, 0.3) is 5.17 Å². The first-order valence-corrected chi connectivity index (χ1v) is 4.43. The molecule has 0 heterocycles. The molecule has 0 amide bonds. The van der Waals surface area contributed by atoms with E-state index in [0.717, 1.165) is 12.8 Å².